The molecule has 0 aliphatic heterocycles. The molecule has 0 bridgehead atoms. The van der Waals surface area contributed by atoms with Crippen LogP contribution < -0.4 is 5.56 Å². The topological polar surface area (TPSA) is 22.0 Å². The molecule has 0 unspecified atom stereocenters. The van der Waals surface area contributed by atoms with Crippen molar-refractivity contribution in [2.45, 2.75) is 13.0 Å². The van der Waals surface area contributed by atoms with Crippen LogP contribution in [-0.2, 0) is 13.0 Å². The average Bonchev–Trinajstić information content (AvgIpc) is 2.88. The maximum atomic E-state index is 12.2. The molecule has 0 amide bonds. The molecule has 18 heavy (non-hydrogen) atoms. The van der Waals surface area contributed by atoms with Crippen LogP contribution in [-0.4, -0.2) is 4.57 Å². The molecule has 0 saturated carbocycles. The van der Waals surface area contributed by atoms with Crippen molar-refractivity contribution in [2.75, 3.05) is 0 Å². The fraction of sp³-hybridized carbons (Fsp3) is 0.133. The normalized spacial score (nSPS) is 10.9. The van der Waals surface area contributed by atoms with Crippen LogP contribution in [0.2, 0.25) is 0 Å². The summed E-state index contributed by atoms with van der Waals surface area (Å²) < 4.78 is 2.86. The minimum atomic E-state index is 0.115. The smallest absolute Gasteiger partial charge is 0.259 e. The fourth-order valence-electron chi connectivity index (χ4n) is 2.08. The Balaban J connectivity index is 1.87. The van der Waals surface area contributed by atoms with Crippen molar-refractivity contribution in [3.05, 3.63) is 70.0 Å². The highest BCUT2D eigenvalue weighted by Gasteiger charge is 2.03. The first-order chi connectivity index (χ1) is 8.84. The number of hydrogen-bond acceptors (Lipinski definition) is 2. The van der Waals surface area contributed by atoms with Crippen molar-refractivity contribution < 1.29 is 0 Å². The van der Waals surface area contributed by atoms with E-state index in [-0.39, 0.29) is 5.56 Å². The van der Waals surface area contributed by atoms with Gasteiger partial charge in [0.2, 0.25) is 0 Å². The summed E-state index contributed by atoms with van der Waals surface area (Å²) in [6.07, 6.45) is 2.78. The van der Waals surface area contributed by atoms with Crippen molar-refractivity contribution in [2.24, 2.45) is 0 Å². The van der Waals surface area contributed by atoms with Gasteiger partial charge in [0.25, 0.3) is 5.56 Å². The molecule has 2 aromatic heterocycles. The Morgan fingerprint density at radius 1 is 1.06 bits per heavy atom. The highest BCUT2D eigenvalue weighted by molar-refractivity contribution is 7.17. The van der Waals surface area contributed by atoms with Crippen LogP contribution in [0.25, 0.3) is 10.1 Å². The van der Waals surface area contributed by atoms with Gasteiger partial charge in [0.15, 0.2) is 0 Å². The Kier molecular flexibility index (Phi) is 2.99. The van der Waals surface area contributed by atoms with E-state index < -0.39 is 0 Å². The molecular weight excluding hydrogens is 242 g/mol. The van der Waals surface area contributed by atoms with Crippen LogP contribution in [0.4, 0.5) is 0 Å². The van der Waals surface area contributed by atoms with E-state index in [1.54, 1.807) is 15.9 Å². The molecule has 0 spiro atoms. The van der Waals surface area contributed by atoms with Crippen molar-refractivity contribution in [1.82, 2.24) is 4.57 Å². The van der Waals surface area contributed by atoms with Crippen LogP contribution in [0.1, 0.15) is 5.56 Å². The number of hydrogen-bond donors (Lipinski definition) is 0. The number of aryl methyl sites for hydroxylation is 2. The second kappa shape index (κ2) is 4.78. The standard InChI is InChI=1S/C15H13NOS/c17-15-13-8-11-18-14(13)7-10-16(15)9-6-12-4-2-1-3-5-12/h1-5,7-8,10-11H,6,9H2. The van der Waals surface area contributed by atoms with E-state index in [9.17, 15) is 4.79 Å². The molecule has 3 aromatic rings. The van der Waals surface area contributed by atoms with Crippen LogP contribution in [0, 0.1) is 0 Å². The lowest BCUT2D eigenvalue weighted by Gasteiger charge is -2.05. The van der Waals surface area contributed by atoms with E-state index in [1.165, 1.54) is 5.56 Å². The van der Waals surface area contributed by atoms with Gasteiger partial charge in [0.05, 0.1) is 5.39 Å². The number of rotatable bonds is 3. The number of thiophene rings is 1. The summed E-state index contributed by atoms with van der Waals surface area (Å²) in [6, 6.07) is 14.2. The average molecular weight is 255 g/mol. The van der Waals surface area contributed by atoms with E-state index in [1.807, 2.05) is 41.9 Å². The molecular formula is C15H13NOS. The molecule has 0 atom stereocenters. The lowest BCUT2D eigenvalue weighted by molar-refractivity contribution is 0.675. The number of pyridine rings is 1. The summed E-state index contributed by atoms with van der Waals surface area (Å²) in [5, 5.41) is 2.80. The Morgan fingerprint density at radius 3 is 2.72 bits per heavy atom. The maximum absolute atomic E-state index is 12.2. The van der Waals surface area contributed by atoms with Gasteiger partial charge in [-0.15, -0.1) is 11.3 Å². The first kappa shape index (κ1) is 11.2. The van der Waals surface area contributed by atoms with Gasteiger partial charge in [-0.25, -0.2) is 0 Å². The summed E-state index contributed by atoms with van der Waals surface area (Å²) >= 11 is 1.61. The van der Waals surface area contributed by atoms with E-state index in [0.717, 1.165) is 23.1 Å². The van der Waals surface area contributed by atoms with Crippen molar-refractivity contribution in [1.29, 1.82) is 0 Å². The predicted octanol–water partition coefficient (Wildman–Crippen LogP) is 3.31. The summed E-state index contributed by atoms with van der Waals surface area (Å²) in [6.45, 7) is 0.731. The van der Waals surface area contributed by atoms with Gasteiger partial charge in [-0.1, -0.05) is 30.3 Å². The first-order valence-corrected chi connectivity index (χ1v) is 6.83. The second-order valence-electron chi connectivity index (χ2n) is 4.25. The third-order valence-electron chi connectivity index (χ3n) is 3.08. The molecule has 2 heterocycles. The summed E-state index contributed by atoms with van der Waals surface area (Å²) in [5.74, 6) is 0. The molecule has 0 fully saturated rings. The summed E-state index contributed by atoms with van der Waals surface area (Å²) in [5.41, 5.74) is 1.37. The van der Waals surface area contributed by atoms with Crippen LogP contribution in [0.3, 0.4) is 0 Å². The Morgan fingerprint density at radius 2 is 1.89 bits per heavy atom. The largest absolute Gasteiger partial charge is 0.315 e. The summed E-state index contributed by atoms with van der Waals surface area (Å²) in [7, 11) is 0. The molecule has 1 aromatic carbocycles. The van der Waals surface area contributed by atoms with E-state index in [0.29, 0.717) is 0 Å². The Labute approximate surface area is 109 Å². The van der Waals surface area contributed by atoms with Gasteiger partial charge >= 0.3 is 0 Å². The zero-order valence-electron chi connectivity index (χ0n) is 9.87. The molecule has 0 saturated heterocycles. The van der Waals surface area contributed by atoms with Crippen molar-refractivity contribution in [3.8, 4) is 0 Å². The van der Waals surface area contributed by atoms with Gasteiger partial charge in [-0.3, -0.25) is 4.79 Å². The Bertz CT molecular complexity index is 712. The number of nitrogens with zero attached hydrogens (tertiary/aromatic N) is 1. The molecule has 3 heteroatoms. The van der Waals surface area contributed by atoms with E-state index in [2.05, 4.69) is 12.1 Å². The highest BCUT2D eigenvalue weighted by atomic mass is 32.1. The number of aromatic nitrogens is 1. The molecule has 0 aliphatic carbocycles. The van der Waals surface area contributed by atoms with Crippen molar-refractivity contribution in [3.63, 3.8) is 0 Å². The molecule has 90 valence electrons. The van der Waals surface area contributed by atoms with Crippen LogP contribution >= 0.6 is 11.3 Å². The minimum absolute atomic E-state index is 0.115. The highest BCUT2D eigenvalue weighted by Crippen LogP contribution is 2.16. The van der Waals surface area contributed by atoms with Gasteiger partial charge < -0.3 is 4.57 Å². The third kappa shape index (κ3) is 2.09. The van der Waals surface area contributed by atoms with Crippen molar-refractivity contribution >= 4 is 21.4 Å². The van der Waals surface area contributed by atoms with Gasteiger partial charge in [0, 0.05) is 17.4 Å². The van der Waals surface area contributed by atoms with Gasteiger partial charge in [-0.2, -0.15) is 0 Å². The Hall–Kier alpha value is -1.87. The zero-order valence-corrected chi connectivity index (χ0v) is 10.7. The summed E-state index contributed by atoms with van der Waals surface area (Å²) in [4.78, 5) is 12.2. The molecule has 0 N–H and O–H groups in total. The van der Waals surface area contributed by atoms with E-state index in [4.69, 9.17) is 0 Å². The SMILES string of the molecule is O=c1c2ccsc2ccn1CCc1ccccc1. The molecule has 2 nitrogen and oxygen atoms in total. The molecule has 0 radical (unpaired) electrons. The third-order valence-corrected chi connectivity index (χ3v) is 3.96. The number of benzene rings is 1. The van der Waals surface area contributed by atoms with E-state index >= 15 is 0 Å². The van der Waals surface area contributed by atoms with Crippen LogP contribution in [0.15, 0.2) is 58.8 Å². The zero-order chi connectivity index (χ0) is 12.4. The first-order valence-electron chi connectivity index (χ1n) is 5.95. The van der Waals surface area contributed by atoms with Gasteiger partial charge in [-0.05, 0) is 29.5 Å². The second-order valence-corrected chi connectivity index (χ2v) is 5.20. The lowest BCUT2D eigenvalue weighted by atomic mass is 10.1. The maximum Gasteiger partial charge on any atom is 0.259 e. The monoisotopic (exact) mass is 255 g/mol. The molecule has 0 aliphatic rings. The van der Waals surface area contributed by atoms with Crippen LogP contribution in [0.5, 0.6) is 0 Å². The number of fused-ring (bicyclic) bond motifs is 1. The predicted molar refractivity (Wildman–Crippen MR) is 76.2 cm³/mol. The lowest BCUT2D eigenvalue weighted by Crippen LogP contribution is -2.19. The fourth-order valence-corrected chi connectivity index (χ4v) is 2.85. The minimum Gasteiger partial charge on any atom is -0.315 e. The quantitative estimate of drug-likeness (QED) is 0.704. The molecule has 3 rings (SSSR count). The van der Waals surface area contributed by atoms with Gasteiger partial charge in [0.1, 0.15) is 0 Å².